The van der Waals surface area contributed by atoms with E-state index in [0.717, 1.165) is 19.5 Å². The molecule has 1 aromatic heterocycles. The molecule has 3 rings (SSSR count). The molecule has 1 aliphatic rings. The number of aromatic nitrogens is 2. The number of nitrogens with one attached hydrogen (secondary N) is 1. The van der Waals surface area contributed by atoms with E-state index in [1.807, 2.05) is 29.1 Å². The fourth-order valence-electron chi connectivity index (χ4n) is 2.82. The minimum Gasteiger partial charge on any atom is -0.355 e. The summed E-state index contributed by atoms with van der Waals surface area (Å²) in [7, 11) is 0. The predicted octanol–water partition coefficient (Wildman–Crippen LogP) is 1.41. The highest BCUT2D eigenvalue weighted by Crippen LogP contribution is 2.19. The molecule has 0 aliphatic carbocycles. The van der Waals surface area contributed by atoms with Crippen LogP contribution >= 0.6 is 0 Å². The van der Waals surface area contributed by atoms with Crippen molar-refractivity contribution in [3.05, 3.63) is 53.9 Å². The van der Waals surface area contributed by atoms with E-state index >= 15 is 0 Å². The van der Waals surface area contributed by atoms with Gasteiger partial charge in [0.25, 0.3) is 0 Å². The van der Waals surface area contributed by atoms with E-state index in [1.165, 1.54) is 11.1 Å². The van der Waals surface area contributed by atoms with Crippen LogP contribution in [0.4, 0.5) is 0 Å². The minimum absolute atomic E-state index is 0.104. The Kier molecular flexibility index (Phi) is 4.53. The van der Waals surface area contributed by atoms with Crippen molar-refractivity contribution >= 4 is 5.91 Å². The number of carbonyl (C=O) groups is 1. The van der Waals surface area contributed by atoms with Gasteiger partial charge in [0.2, 0.25) is 5.91 Å². The Hall–Kier alpha value is -2.14. The first-order valence-electron chi connectivity index (χ1n) is 7.75. The van der Waals surface area contributed by atoms with Crippen LogP contribution in [-0.2, 0) is 11.2 Å². The maximum absolute atomic E-state index is 11.9. The number of aryl methyl sites for hydroxylation is 1. The van der Waals surface area contributed by atoms with Crippen LogP contribution in [-0.4, -0.2) is 46.8 Å². The summed E-state index contributed by atoms with van der Waals surface area (Å²) in [5, 5.41) is 7.24. The Morgan fingerprint density at radius 3 is 2.86 bits per heavy atom. The molecule has 2 aromatic rings. The largest absolute Gasteiger partial charge is 0.355 e. The topological polar surface area (TPSA) is 50.2 Å². The molecule has 0 spiro atoms. The van der Waals surface area contributed by atoms with Gasteiger partial charge in [-0.3, -0.25) is 14.4 Å². The van der Waals surface area contributed by atoms with Gasteiger partial charge in [-0.1, -0.05) is 24.3 Å². The third-order valence-electron chi connectivity index (χ3n) is 4.18. The number of nitrogens with zero attached hydrogens (tertiary/aromatic N) is 3. The first-order chi connectivity index (χ1) is 10.7. The third kappa shape index (κ3) is 3.54. The summed E-state index contributed by atoms with van der Waals surface area (Å²) in [4.78, 5) is 14.1. The number of likely N-dealkylation sites (tertiary alicyclic amines) is 1. The number of amides is 1. The van der Waals surface area contributed by atoms with Crippen molar-refractivity contribution < 1.29 is 4.79 Å². The Balaban J connectivity index is 1.35. The van der Waals surface area contributed by atoms with E-state index in [1.54, 1.807) is 6.20 Å². The summed E-state index contributed by atoms with van der Waals surface area (Å²) < 4.78 is 1.96. The van der Waals surface area contributed by atoms with Crippen LogP contribution in [0.1, 0.15) is 17.2 Å². The van der Waals surface area contributed by atoms with Crippen LogP contribution < -0.4 is 5.32 Å². The zero-order chi connectivity index (χ0) is 15.4. The van der Waals surface area contributed by atoms with Crippen LogP contribution in [0, 0.1) is 6.92 Å². The molecule has 1 N–H and O–H groups in total. The molecule has 0 atom stereocenters. The average Bonchev–Trinajstić information content (AvgIpc) is 2.98. The maximum atomic E-state index is 11.9. The second kappa shape index (κ2) is 6.75. The predicted molar refractivity (Wildman–Crippen MR) is 85.6 cm³/mol. The first-order valence-corrected chi connectivity index (χ1v) is 7.75. The molecule has 22 heavy (non-hydrogen) atoms. The Morgan fingerprint density at radius 1 is 1.32 bits per heavy atom. The number of hydrogen-bond acceptors (Lipinski definition) is 3. The number of benzene rings is 1. The van der Waals surface area contributed by atoms with Crippen LogP contribution in [0.3, 0.4) is 0 Å². The van der Waals surface area contributed by atoms with Crippen molar-refractivity contribution in [1.29, 1.82) is 0 Å². The van der Waals surface area contributed by atoms with Gasteiger partial charge in [0, 0.05) is 32.0 Å². The fraction of sp³-hybridized carbons (Fsp3) is 0.412. The molecule has 1 saturated heterocycles. The van der Waals surface area contributed by atoms with E-state index in [9.17, 15) is 4.79 Å². The quantitative estimate of drug-likeness (QED) is 0.877. The highest BCUT2D eigenvalue weighted by atomic mass is 16.2. The lowest BCUT2D eigenvalue weighted by Crippen LogP contribution is -2.51. The zero-order valence-corrected chi connectivity index (χ0v) is 12.9. The van der Waals surface area contributed by atoms with Crippen LogP contribution in [0.15, 0.2) is 42.7 Å². The molecule has 116 valence electrons. The van der Waals surface area contributed by atoms with E-state index in [0.29, 0.717) is 19.1 Å². The second-order valence-corrected chi connectivity index (χ2v) is 5.86. The smallest absolute Gasteiger partial charge is 0.234 e. The van der Waals surface area contributed by atoms with Gasteiger partial charge >= 0.3 is 0 Å². The summed E-state index contributed by atoms with van der Waals surface area (Å²) in [6.07, 6.45) is 4.65. The molecule has 1 aliphatic heterocycles. The van der Waals surface area contributed by atoms with Gasteiger partial charge in [0.15, 0.2) is 0 Å². The molecule has 1 amide bonds. The van der Waals surface area contributed by atoms with Crippen LogP contribution in [0.25, 0.3) is 0 Å². The van der Waals surface area contributed by atoms with E-state index in [4.69, 9.17) is 0 Å². The van der Waals surface area contributed by atoms with Gasteiger partial charge < -0.3 is 5.32 Å². The van der Waals surface area contributed by atoms with Crippen molar-refractivity contribution in [3.8, 4) is 0 Å². The van der Waals surface area contributed by atoms with Gasteiger partial charge in [0.1, 0.15) is 0 Å². The molecule has 0 unspecified atom stereocenters. The molecule has 5 heteroatoms. The Labute approximate surface area is 130 Å². The molecule has 2 heterocycles. The zero-order valence-electron chi connectivity index (χ0n) is 12.9. The highest BCUT2D eigenvalue weighted by Gasteiger charge is 2.29. The highest BCUT2D eigenvalue weighted by molar-refractivity contribution is 5.78. The molecule has 0 saturated carbocycles. The monoisotopic (exact) mass is 298 g/mol. The molecule has 5 nitrogen and oxygen atoms in total. The van der Waals surface area contributed by atoms with E-state index in [-0.39, 0.29) is 5.91 Å². The molecule has 0 bridgehead atoms. The summed E-state index contributed by atoms with van der Waals surface area (Å²) >= 11 is 0. The summed E-state index contributed by atoms with van der Waals surface area (Å²) in [6.45, 7) is 5.07. The third-order valence-corrected chi connectivity index (χ3v) is 4.18. The Morgan fingerprint density at radius 2 is 2.14 bits per heavy atom. The second-order valence-electron chi connectivity index (χ2n) is 5.86. The normalized spacial score (nSPS) is 15.5. The number of rotatable bonds is 6. The van der Waals surface area contributed by atoms with Crippen molar-refractivity contribution in [3.63, 3.8) is 0 Å². The molecule has 1 aromatic carbocycles. The fourth-order valence-corrected chi connectivity index (χ4v) is 2.82. The number of hydrogen-bond donors (Lipinski definition) is 1. The molecule has 1 fully saturated rings. The van der Waals surface area contributed by atoms with E-state index in [2.05, 4.69) is 34.4 Å². The van der Waals surface area contributed by atoms with Crippen molar-refractivity contribution in [1.82, 2.24) is 20.0 Å². The van der Waals surface area contributed by atoms with Crippen molar-refractivity contribution in [2.75, 3.05) is 26.2 Å². The van der Waals surface area contributed by atoms with E-state index < -0.39 is 0 Å². The molecular formula is C17H22N4O. The minimum atomic E-state index is 0.104. The lowest BCUT2D eigenvalue weighted by atomic mass is 10.1. The van der Waals surface area contributed by atoms with Gasteiger partial charge in [-0.15, -0.1) is 0 Å². The lowest BCUT2D eigenvalue weighted by Gasteiger charge is -2.38. The van der Waals surface area contributed by atoms with Crippen LogP contribution in [0.2, 0.25) is 0 Å². The average molecular weight is 298 g/mol. The Bertz CT molecular complexity index is 617. The maximum Gasteiger partial charge on any atom is 0.234 e. The van der Waals surface area contributed by atoms with Crippen molar-refractivity contribution in [2.45, 2.75) is 19.4 Å². The van der Waals surface area contributed by atoms with Gasteiger partial charge in [-0.25, -0.2) is 0 Å². The lowest BCUT2D eigenvalue weighted by molar-refractivity contribution is -0.123. The summed E-state index contributed by atoms with van der Waals surface area (Å²) in [5.41, 5.74) is 2.58. The summed E-state index contributed by atoms with van der Waals surface area (Å²) in [6, 6.07) is 10.6. The number of carbonyl (C=O) groups excluding carboxylic acids is 1. The SMILES string of the molecule is Cc1ccccc1CCNC(=O)CN1CC(n2cccn2)C1. The van der Waals surface area contributed by atoms with Gasteiger partial charge in [0.05, 0.1) is 12.6 Å². The molecule has 0 radical (unpaired) electrons. The first kappa shape index (κ1) is 14.8. The van der Waals surface area contributed by atoms with Gasteiger partial charge in [-0.2, -0.15) is 5.10 Å². The van der Waals surface area contributed by atoms with Crippen LogP contribution in [0.5, 0.6) is 0 Å². The summed E-state index contributed by atoms with van der Waals surface area (Å²) in [5.74, 6) is 0.104. The van der Waals surface area contributed by atoms with Gasteiger partial charge in [-0.05, 0) is 30.5 Å². The standard InChI is InChI=1S/C17H22N4O/c1-14-5-2-3-6-15(14)7-9-18-17(22)13-20-11-16(12-20)21-10-4-8-19-21/h2-6,8,10,16H,7,9,11-13H2,1H3,(H,18,22). The molecular weight excluding hydrogens is 276 g/mol. The van der Waals surface area contributed by atoms with Crippen molar-refractivity contribution in [2.24, 2.45) is 0 Å².